The average molecular weight is 361 g/mol. The Kier molecular flexibility index (Phi) is 5.40. The molecule has 7 heteroatoms. The first-order valence-corrected chi connectivity index (χ1v) is 7.41. The molecule has 0 aliphatic rings. The van der Waals surface area contributed by atoms with Crippen molar-refractivity contribution in [3.63, 3.8) is 0 Å². The Morgan fingerprint density at radius 2 is 1.77 bits per heavy atom. The van der Waals surface area contributed by atoms with E-state index in [0.29, 0.717) is 20.8 Å². The van der Waals surface area contributed by atoms with Crippen LogP contribution in [0.25, 0.3) is 0 Å². The third-order valence-electron chi connectivity index (χ3n) is 2.78. The lowest BCUT2D eigenvalue weighted by Crippen LogP contribution is -2.30. The van der Waals surface area contributed by atoms with Gasteiger partial charge in [-0.05, 0) is 43.3 Å². The summed E-state index contributed by atoms with van der Waals surface area (Å²) in [6.07, 6.45) is -0.836. The summed E-state index contributed by atoms with van der Waals surface area (Å²) in [4.78, 5) is 12.1. The highest BCUT2D eigenvalue weighted by molar-refractivity contribution is 6.35. The zero-order valence-corrected chi connectivity index (χ0v) is 13.7. The predicted molar refractivity (Wildman–Crippen MR) is 88.3 cm³/mol. The Labute approximate surface area is 142 Å². The largest absolute Gasteiger partial charge is 0.506 e. The highest BCUT2D eigenvalue weighted by atomic mass is 35.5. The van der Waals surface area contributed by atoms with Crippen molar-refractivity contribution in [1.82, 2.24) is 0 Å². The molecule has 2 N–H and O–H groups in total. The molecule has 4 nitrogen and oxygen atoms in total. The van der Waals surface area contributed by atoms with Crippen LogP contribution in [0.4, 0.5) is 5.69 Å². The summed E-state index contributed by atoms with van der Waals surface area (Å²) in [7, 11) is 0. The first kappa shape index (κ1) is 16.7. The van der Waals surface area contributed by atoms with Crippen LogP contribution < -0.4 is 10.1 Å². The molecule has 1 amide bonds. The molecule has 0 bridgehead atoms. The number of nitrogens with one attached hydrogen (secondary N) is 1. The summed E-state index contributed by atoms with van der Waals surface area (Å²) < 4.78 is 5.49. The molecule has 116 valence electrons. The molecule has 0 aliphatic carbocycles. The molecule has 0 aromatic heterocycles. The normalized spacial score (nSPS) is 11.8. The van der Waals surface area contributed by atoms with Gasteiger partial charge in [-0.3, -0.25) is 4.79 Å². The van der Waals surface area contributed by atoms with Crippen LogP contribution in [0.5, 0.6) is 11.5 Å². The first-order chi connectivity index (χ1) is 10.4. The van der Waals surface area contributed by atoms with Crippen molar-refractivity contribution in [2.75, 3.05) is 5.32 Å². The fourth-order valence-electron chi connectivity index (χ4n) is 1.66. The van der Waals surface area contributed by atoms with Crippen LogP contribution in [0.3, 0.4) is 0 Å². The minimum Gasteiger partial charge on any atom is -0.506 e. The second-order valence-electron chi connectivity index (χ2n) is 4.49. The molecule has 0 spiro atoms. The molecule has 2 aromatic rings. The molecule has 0 saturated carbocycles. The number of carbonyl (C=O) groups excluding carboxylic acids is 1. The van der Waals surface area contributed by atoms with Gasteiger partial charge in [0, 0.05) is 10.0 Å². The van der Waals surface area contributed by atoms with Crippen molar-refractivity contribution in [3.05, 3.63) is 51.5 Å². The van der Waals surface area contributed by atoms with Gasteiger partial charge in [0.25, 0.3) is 5.91 Å². The van der Waals surface area contributed by atoms with Gasteiger partial charge in [0.15, 0.2) is 6.10 Å². The number of phenolic OH excluding ortho intramolecular Hbond substituents is 1. The van der Waals surface area contributed by atoms with Crippen molar-refractivity contribution >= 4 is 46.4 Å². The van der Waals surface area contributed by atoms with Crippen LogP contribution in [0, 0.1) is 0 Å². The number of rotatable bonds is 4. The minimum atomic E-state index is -0.836. The summed E-state index contributed by atoms with van der Waals surface area (Å²) >= 11 is 17.6. The van der Waals surface area contributed by atoms with E-state index in [4.69, 9.17) is 39.5 Å². The van der Waals surface area contributed by atoms with E-state index in [-0.39, 0.29) is 11.4 Å². The highest BCUT2D eigenvalue weighted by Crippen LogP contribution is 2.29. The van der Waals surface area contributed by atoms with Crippen molar-refractivity contribution in [3.8, 4) is 11.5 Å². The molecular weight excluding hydrogens is 349 g/mol. The number of aromatic hydroxyl groups is 1. The molecule has 1 atom stereocenters. The Morgan fingerprint density at radius 1 is 1.14 bits per heavy atom. The third-order valence-corrected chi connectivity index (χ3v) is 3.55. The number of halogens is 3. The van der Waals surface area contributed by atoms with Crippen molar-refractivity contribution in [2.24, 2.45) is 0 Å². The van der Waals surface area contributed by atoms with E-state index < -0.39 is 12.0 Å². The van der Waals surface area contributed by atoms with E-state index >= 15 is 0 Å². The zero-order chi connectivity index (χ0) is 16.3. The summed E-state index contributed by atoms with van der Waals surface area (Å²) in [6, 6.07) is 9.05. The molecular formula is C15H12Cl3NO3. The smallest absolute Gasteiger partial charge is 0.265 e. The van der Waals surface area contributed by atoms with Crippen LogP contribution >= 0.6 is 34.8 Å². The molecule has 0 radical (unpaired) electrons. The quantitative estimate of drug-likeness (QED) is 0.773. The predicted octanol–water partition coefficient (Wildman–Crippen LogP) is 4.76. The zero-order valence-electron chi connectivity index (χ0n) is 11.4. The topological polar surface area (TPSA) is 58.6 Å². The molecule has 0 aliphatic heterocycles. The molecule has 0 heterocycles. The van der Waals surface area contributed by atoms with Gasteiger partial charge >= 0.3 is 0 Å². The molecule has 1 unspecified atom stereocenters. The van der Waals surface area contributed by atoms with Gasteiger partial charge in [0.2, 0.25) is 0 Å². The van der Waals surface area contributed by atoms with Gasteiger partial charge in [-0.25, -0.2) is 0 Å². The number of benzene rings is 2. The van der Waals surface area contributed by atoms with Crippen LogP contribution in [-0.2, 0) is 4.79 Å². The Morgan fingerprint density at radius 3 is 2.45 bits per heavy atom. The first-order valence-electron chi connectivity index (χ1n) is 6.28. The van der Waals surface area contributed by atoms with E-state index in [1.807, 2.05) is 0 Å². The van der Waals surface area contributed by atoms with Crippen LogP contribution in [0.1, 0.15) is 6.92 Å². The number of phenols is 1. The summed E-state index contributed by atoms with van der Waals surface area (Å²) in [6.45, 7) is 1.56. The van der Waals surface area contributed by atoms with Gasteiger partial charge in [0.05, 0.1) is 10.7 Å². The molecule has 0 fully saturated rings. The number of carbonyl (C=O) groups is 1. The van der Waals surface area contributed by atoms with E-state index in [1.165, 1.54) is 24.3 Å². The molecule has 2 aromatic carbocycles. The van der Waals surface area contributed by atoms with Crippen molar-refractivity contribution in [1.29, 1.82) is 0 Å². The molecule has 22 heavy (non-hydrogen) atoms. The van der Waals surface area contributed by atoms with Gasteiger partial charge in [0.1, 0.15) is 11.5 Å². The lowest BCUT2D eigenvalue weighted by Gasteiger charge is -2.16. The third kappa shape index (κ3) is 4.19. The standard InChI is InChI=1S/C15H12Cl3NO3/c1-8(22-14-5-3-9(16)6-11(14)18)15(21)19-12-7-10(17)2-4-13(12)20/h2-8,20H,1H3,(H,19,21). The SMILES string of the molecule is CC(Oc1ccc(Cl)cc1Cl)C(=O)Nc1cc(Cl)ccc1O. The Hall–Kier alpha value is -1.62. The number of hydrogen-bond acceptors (Lipinski definition) is 3. The Bertz CT molecular complexity index is 706. The van der Waals surface area contributed by atoms with Crippen molar-refractivity contribution < 1.29 is 14.6 Å². The van der Waals surface area contributed by atoms with E-state index in [1.54, 1.807) is 19.1 Å². The number of hydrogen-bond donors (Lipinski definition) is 2. The van der Waals surface area contributed by atoms with E-state index in [0.717, 1.165) is 0 Å². The number of anilines is 1. The second kappa shape index (κ2) is 7.09. The van der Waals surface area contributed by atoms with Gasteiger partial charge < -0.3 is 15.2 Å². The lowest BCUT2D eigenvalue weighted by molar-refractivity contribution is -0.122. The minimum absolute atomic E-state index is 0.0884. The fraction of sp³-hybridized carbons (Fsp3) is 0.133. The van der Waals surface area contributed by atoms with Crippen LogP contribution in [0.15, 0.2) is 36.4 Å². The highest BCUT2D eigenvalue weighted by Gasteiger charge is 2.18. The number of amides is 1. The maximum Gasteiger partial charge on any atom is 0.265 e. The maximum atomic E-state index is 12.1. The van der Waals surface area contributed by atoms with Crippen LogP contribution in [0.2, 0.25) is 15.1 Å². The fourth-order valence-corrected chi connectivity index (χ4v) is 2.28. The van der Waals surface area contributed by atoms with Crippen molar-refractivity contribution in [2.45, 2.75) is 13.0 Å². The monoisotopic (exact) mass is 359 g/mol. The Balaban J connectivity index is 2.07. The van der Waals surface area contributed by atoms with Gasteiger partial charge in [-0.1, -0.05) is 34.8 Å². The summed E-state index contributed by atoms with van der Waals surface area (Å²) in [5.74, 6) is -0.206. The van der Waals surface area contributed by atoms with E-state index in [9.17, 15) is 9.90 Å². The molecule has 0 saturated heterocycles. The van der Waals surface area contributed by atoms with Crippen LogP contribution in [-0.4, -0.2) is 17.1 Å². The van der Waals surface area contributed by atoms with Gasteiger partial charge in [-0.2, -0.15) is 0 Å². The lowest BCUT2D eigenvalue weighted by atomic mass is 10.2. The summed E-state index contributed by atoms with van der Waals surface area (Å²) in [5, 5.41) is 13.4. The second-order valence-corrected chi connectivity index (χ2v) is 5.77. The molecule has 2 rings (SSSR count). The van der Waals surface area contributed by atoms with E-state index in [2.05, 4.69) is 5.32 Å². The van der Waals surface area contributed by atoms with Gasteiger partial charge in [-0.15, -0.1) is 0 Å². The maximum absolute atomic E-state index is 12.1. The average Bonchev–Trinajstić information content (AvgIpc) is 2.45. The summed E-state index contributed by atoms with van der Waals surface area (Å²) in [5.41, 5.74) is 0.204. The number of ether oxygens (including phenoxy) is 1.